The molecule has 1 saturated heterocycles. The molecule has 0 bridgehead atoms. The maximum Gasteiger partial charge on any atom is 0.403 e. The van der Waals surface area contributed by atoms with Gasteiger partial charge in [-0.3, -0.25) is 9.89 Å². The molecule has 0 radical (unpaired) electrons. The molecule has 0 aromatic carbocycles. The first kappa shape index (κ1) is 20.4. The number of piperazine rings is 1. The van der Waals surface area contributed by atoms with E-state index in [0.717, 1.165) is 5.01 Å². The summed E-state index contributed by atoms with van der Waals surface area (Å²) in [6.07, 6.45) is -2.44. The van der Waals surface area contributed by atoms with Gasteiger partial charge in [-0.1, -0.05) is 0 Å². The van der Waals surface area contributed by atoms with Crippen molar-refractivity contribution in [2.24, 2.45) is 4.99 Å². The fourth-order valence-corrected chi connectivity index (χ4v) is 2.91. The molecular formula is C13H21F3IN5S. The summed E-state index contributed by atoms with van der Waals surface area (Å²) in [7, 11) is 1.68. The van der Waals surface area contributed by atoms with Gasteiger partial charge in [0.2, 0.25) is 0 Å². The van der Waals surface area contributed by atoms with E-state index in [9.17, 15) is 13.2 Å². The number of aliphatic imine (C=N–C) groups is 1. The molecule has 1 aromatic heterocycles. The Morgan fingerprint density at radius 2 is 2.04 bits per heavy atom. The third kappa shape index (κ3) is 5.75. The number of halogens is 4. The SMILES string of the molecule is CN=C(NCc1nccs1)N1CCN(C(C)C(F)(F)F)CC1.I. The Kier molecular flexibility index (Phi) is 8.01. The van der Waals surface area contributed by atoms with Crippen LogP contribution in [0.2, 0.25) is 0 Å². The molecule has 23 heavy (non-hydrogen) atoms. The smallest absolute Gasteiger partial charge is 0.350 e. The summed E-state index contributed by atoms with van der Waals surface area (Å²) in [5.41, 5.74) is 0. The predicted octanol–water partition coefficient (Wildman–Crippen LogP) is 2.40. The number of nitrogens with one attached hydrogen (secondary N) is 1. The highest BCUT2D eigenvalue weighted by atomic mass is 127. The van der Waals surface area contributed by atoms with Gasteiger partial charge in [-0.25, -0.2) is 4.98 Å². The number of thiazole rings is 1. The van der Waals surface area contributed by atoms with Crippen LogP contribution in [0.15, 0.2) is 16.6 Å². The van der Waals surface area contributed by atoms with Crippen LogP contribution in [-0.4, -0.2) is 66.2 Å². The van der Waals surface area contributed by atoms with Crippen LogP contribution in [0.25, 0.3) is 0 Å². The average molecular weight is 463 g/mol. The van der Waals surface area contributed by atoms with Gasteiger partial charge in [-0.15, -0.1) is 35.3 Å². The lowest BCUT2D eigenvalue weighted by molar-refractivity contribution is -0.181. The summed E-state index contributed by atoms with van der Waals surface area (Å²) in [6.45, 7) is 3.59. The molecular weight excluding hydrogens is 442 g/mol. The molecule has 1 aromatic rings. The maximum absolute atomic E-state index is 12.7. The van der Waals surface area contributed by atoms with Gasteiger partial charge < -0.3 is 10.2 Å². The van der Waals surface area contributed by atoms with Crippen molar-refractivity contribution in [3.63, 3.8) is 0 Å². The summed E-state index contributed by atoms with van der Waals surface area (Å²) >= 11 is 1.55. The molecule has 5 nitrogen and oxygen atoms in total. The van der Waals surface area contributed by atoms with Crippen LogP contribution in [0.3, 0.4) is 0 Å². The van der Waals surface area contributed by atoms with E-state index in [1.165, 1.54) is 11.8 Å². The number of rotatable bonds is 3. The van der Waals surface area contributed by atoms with Crippen molar-refractivity contribution < 1.29 is 13.2 Å². The number of guanidine groups is 1. The zero-order valence-corrected chi connectivity index (χ0v) is 16.2. The minimum absolute atomic E-state index is 0. The van der Waals surface area contributed by atoms with E-state index in [1.807, 2.05) is 10.3 Å². The van der Waals surface area contributed by atoms with Gasteiger partial charge in [0.25, 0.3) is 0 Å². The molecule has 1 atom stereocenters. The van der Waals surface area contributed by atoms with E-state index < -0.39 is 12.2 Å². The van der Waals surface area contributed by atoms with Crippen LogP contribution in [0, 0.1) is 0 Å². The first-order valence-electron chi connectivity index (χ1n) is 7.06. The molecule has 10 heteroatoms. The second-order valence-electron chi connectivity index (χ2n) is 5.07. The summed E-state index contributed by atoms with van der Waals surface area (Å²) in [4.78, 5) is 11.8. The second-order valence-corrected chi connectivity index (χ2v) is 6.05. The summed E-state index contributed by atoms with van der Waals surface area (Å²) in [6, 6.07) is -1.40. The van der Waals surface area contributed by atoms with Crippen LogP contribution in [0.5, 0.6) is 0 Å². The number of hydrogen-bond donors (Lipinski definition) is 1. The summed E-state index contributed by atoms with van der Waals surface area (Å²) in [5, 5.41) is 6.05. The Morgan fingerprint density at radius 1 is 1.39 bits per heavy atom. The Balaban J connectivity index is 0.00000264. The van der Waals surface area contributed by atoms with Gasteiger partial charge >= 0.3 is 6.18 Å². The van der Waals surface area contributed by atoms with E-state index in [1.54, 1.807) is 24.6 Å². The molecule has 1 unspecified atom stereocenters. The van der Waals surface area contributed by atoms with Crippen molar-refractivity contribution >= 4 is 41.3 Å². The van der Waals surface area contributed by atoms with Crippen molar-refractivity contribution in [3.05, 3.63) is 16.6 Å². The van der Waals surface area contributed by atoms with Gasteiger partial charge in [0.05, 0.1) is 6.54 Å². The number of hydrogen-bond acceptors (Lipinski definition) is 4. The molecule has 132 valence electrons. The topological polar surface area (TPSA) is 43.8 Å². The number of nitrogens with zero attached hydrogens (tertiary/aromatic N) is 4. The van der Waals surface area contributed by atoms with E-state index in [2.05, 4.69) is 15.3 Å². The Labute approximate surface area is 155 Å². The highest BCUT2D eigenvalue weighted by Crippen LogP contribution is 2.25. The molecule has 1 fully saturated rings. The normalized spacial score (nSPS) is 18.5. The molecule has 2 rings (SSSR count). The van der Waals surface area contributed by atoms with Gasteiger partial charge in [0.1, 0.15) is 11.0 Å². The van der Waals surface area contributed by atoms with Gasteiger partial charge in [-0.2, -0.15) is 13.2 Å². The Morgan fingerprint density at radius 3 is 2.52 bits per heavy atom. The zero-order valence-electron chi connectivity index (χ0n) is 13.0. The van der Waals surface area contributed by atoms with Gasteiger partial charge in [0, 0.05) is 44.8 Å². The zero-order chi connectivity index (χ0) is 16.2. The quantitative estimate of drug-likeness (QED) is 0.425. The molecule has 0 amide bonds. The molecule has 1 aliphatic rings. The first-order chi connectivity index (χ1) is 10.4. The maximum atomic E-state index is 12.7. The molecule has 1 aliphatic heterocycles. The molecule has 0 aliphatic carbocycles. The minimum Gasteiger partial charge on any atom is -0.350 e. The Hall–Kier alpha value is -0.620. The number of aromatic nitrogens is 1. The standard InChI is InChI=1S/C13H20F3N5S.HI/c1-10(13(14,15)16)20-4-6-21(7-5-20)12(17-2)19-9-11-18-3-8-22-11;/h3,8,10H,4-7,9H2,1-2H3,(H,17,19);1H. The lowest BCUT2D eigenvalue weighted by Gasteiger charge is -2.39. The molecule has 0 saturated carbocycles. The van der Waals surface area contributed by atoms with E-state index in [4.69, 9.17) is 0 Å². The van der Waals surface area contributed by atoms with Crippen molar-refractivity contribution in [2.75, 3.05) is 33.2 Å². The van der Waals surface area contributed by atoms with E-state index in [-0.39, 0.29) is 24.0 Å². The van der Waals surface area contributed by atoms with Crippen LogP contribution in [0.4, 0.5) is 13.2 Å². The van der Waals surface area contributed by atoms with E-state index >= 15 is 0 Å². The minimum atomic E-state index is -4.17. The third-order valence-electron chi connectivity index (χ3n) is 3.73. The largest absolute Gasteiger partial charge is 0.403 e. The highest BCUT2D eigenvalue weighted by Gasteiger charge is 2.41. The lowest BCUT2D eigenvalue weighted by Crippen LogP contribution is -2.56. The third-order valence-corrected chi connectivity index (χ3v) is 4.51. The van der Waals surface area contributed by atoms with Crippen LogP contribution in [0.1, 0.15) is 11.9 Å². The van der Waals surface area contributed by atoms with Crippen molar-refractivity contribution in [3.8, 4) is 0 Å². The fraction of sp³-hybridized carbons (Fsp3) is 0.692. The second kappa shape index (κ2) is 9.02. The molecule has 0 spiro atoms. The van der Waals surface area contributed by atoms with E-state index in [0.29, 0.717) is 38.7 Å². The fourth-order valence-electron chi connectivity index (χ4n) is 2.36. The summed E-state index contributed by atoms with van der Waals surface area (Å²) < 4.78 is 38.2. The predicted molar refractivity (Wildman–Crippen MR) is 96.4 cm³/mol. The van der Waals surface area contributed by atoms with Gasteiger partial charge in [0.15, 0.2) is 5.96 Å². The Bertz CT molecular complexity index is 486. The molecule has 1 N–H and O–H groups in total. The number of alkyl halides is 3. The molecule has 2 heterocycles. The van der Waals surface area contributed by atoms with Crippen LogP contribution >= 0.6 is 35.3 Å². The summed E-state index contributed by atoms with van der Waals surface area (Å²) in [5.74, 6) is 0.703. The van der Waals surface area contributed by atoms with Crippen molar-refractivity contribution in [2.45, 2.75) is 25.7 Å². The van der Waals surface area contributed by atoms with Crippen molar-refractivity contribution in [1.29, 1.82) is 0 Å². The van der Waals surface area contributed by atoms with Crippen LogP contribution in [-0.2, 0) is 6.54 Å². The average Bonchev–Trinajstić information content (AvgIpc) is 3.00. The van der Waals surface area contributed by atoms with Crippen LogP contribution < -0.4 is 5.32 Å². The van der Waals surface area contributed by atoms with Gasteiger partial charge in [-0.05, 0) is 6.92 Å². The highest BCUT2D eigenvalue weighted by molar-refractivity contribution is 14.0. The lowest BCUT2D eigenvalue weighted by atomic mass is 10.2. The monoisotopic (exact) mass is 463 g/mol. The first-order valence-corrected chi connectivity index (χ1v) is 7.94. The van der Waals surface area contributed by atoms with Crippen molar-refractivity contribution in [1.82, 2.24) is 20.1 Å².